The minimum absolute atomic E-state index is 0.183. The first-order valence-electron chi connectivity index (χ1n) is 6.32. The topological polar surface area (TPSA) is 34.2 Å². The van der Waals surface area contributed by atoms with Crippen molar-refractivity contribution in [1.29, 1.82) is 0 Å². The van der Waals surface area contributed by atoms with Gasteiger partial charge in [-0.2, -0.15) is 13.2 Å². The first-order valence-corrected chi connectivity index (χ1v) is 6.32. The van der Waals surface area contributed by atoms with Crippen LogP contribution in [-0.2, 0) is 0 Å². The summed E-state index contributed by atoms with van der Waals surface area (Å²) < 4.78 is 41.2. The minimum atomic E-state index is -4.34. The van der Waals surface area contributed by atoms with Crippen LogP contribution in [0.3, 0.4) is 0 Å². The SMILES string of the molecule is CCCNc1ccnc2ccc(OCC(F)(F)F)cc12. The molecule has 1 heterocycles. The number of alkyl halides is 3. The Bertz CT molecular complexity index is 584. The molecule has 1 aromatic heterocycles. The molecule has 3 nitrogen and oxygen atoms in total. The fraction of sp³-hybridized carbons (Fsp3) is 0.357. The van der Waals surface area contributed by atoms with E-state index in [0.717, 1.165) is 24.0 Å². The average Bonchev–Trinajstić information content (AvgIpc) is 2.42. The lowest BCUT2D eigenvalue weighted by Crippen LogP contribution is -2.19. The molecule has 2 aromatic rings. The zero-order valence-electron chi connectivity index (χ0n) is 11.0. The number of benzene rings is 1. The van der Waals surface area contributed by atoms with Crippen LogP contribution in [0.1, 0.15) is 13.3 Å². The van der Waals surface area contributed by atoms with Crippen molar-refractivity contribution in [2.75, 3.05) is 18.5 Å². The van der Waals surface area contributed by atoms with Gasteiger partial charge in [-0.05, 0) is 30.7 Å². The number of rotatable bonds is 5. The van der Waals surface area contributed by atoms with Crippen LogP contribution in [0.15, 0.2) is 30.5 Å². The third-order valence-electron chi connectivity index (χ3n) is 2.68. The Kier molecular flexibility index (Phi) is 4.32. The van der Waals surface area contributed by atoms with Gasteiger partial charge >= 0.3 is 6.18 Å². The van der Waals surface area contributed by atoms with E-state index in [1.807, 2.05) is 6.92 Å². The quantitative estimate of drug-likeness (QED) is 0.901. The molecule has 2 rings (SSSR count). The molecule has 0 unspecified atom stereocenters. The molecule has 0 aliphatic heterocycles. The Labute approximate surface area is 114 Å². The second kappa shape index (κ2) is 5.98. The Morgan fingerprint density at radius 3 is 2.75 bits per heavy atom. The predicted octanol–water partition coefficient (Wildman–Crippen LogP) is 4.00. The summed E-state index contributed by atoms with van der Waals surface area (Å²) in [6.07, 6.45) is -1.72. The van der Waals surface area contributed by atoms with Crippen LogP contribution in [0.4, 0.5) is 18.9 Å². The van der Waals surface area contributed by atoms with Crippen LogP contribution < -0.4 is 10.1 Å². The summed E-state index contributed by atoms with van der Waals surface area (Å²) >= 11 is 0. The van der Waals surface area contributed by atoms with Gasteiger partial charge in [0.2, 0.25) is 0 Å². The highest BCUT2D eigenvalue weighted by molar-refractivity contribution is 5.92. The van der Waals surface area contributed by atoms with Gasteiger partial charge in [0.1, 0.15) is 5.75 Å². The third kappa shape index (κ3) is 3.76. The first-order chi connectivity index (χ1) is 9.49. The second-order valence-electron chi connectivity index (χ2n) is 4.37. The predicted molar refractivity (Wildman–Crippen MR) is 72.1 cm³/mol. The average molecular weight is 284 g/mol. The zero-order chi connectivity index (χ0) is 14.6. The standard InChI is InChI=1S/C14H15F3N2O/c1-2-6-18-13-5-7-19-12-4-3-10(8-11(12)13)20-9-14(15,16)17/h3-5,7-8H,2,6,9H2,1H3,(H,18,19). The molecule has 0 aliphatic rings. The van der Waals surface area contributed by atoms with Crippen molar-refractivity contribution in [3.8, 4) is 5.75 Å². The van der Waals surface area contributed by atoms with Gasteiger partial charge in [-0.15, -0.1) is 0 Å². The normalized spacial score (nSPS) is 11.6. The number of halogens is 3. The van der Waals surface area contributed by atoms with Gasteiger partial charge in [-0.3, -0.25) is 4.98 Å². The van der Waals surface area contributed by atoms with Crippen molar-refractivity contribution in [3.63, 3.8) is 0 Å². The molecule has 20 heavy (non-hydrogen) atoms. The van der Waals surface area contributed by atoms with Crippen LogP contribution in [-0.4, -0.2) is 24.3 Å². The molecule has 0 radical (unpaired) electrons. The van der Waals surface area contributed by atoms with Gasteiger partial charge in [0.25, 0.3) is 0 Å². The molecule has 0 amide bonds. The maximum absolute atomic E-state index is 12.2. The number of ether oxygens (including phenoxy) is 1. The molecule has 6 heteroatoms. The summed E-state index contributed by atoms with van der Waals surface area (Å²) in [4.78, 5) is 4.18. The highest BCUT2D eigenvalue weighted by Crippen LogP contribution is 2.27. The molecule has 0 spiro atoms. The lowest BCUT2D eigenvalue weighted by atomic mass is 10.1. The van der Waals surface area contributed by atoms with Crippen molar-refractivity contribution < 1.29 is 17.9 Å². The molecule has 0 atom stereocenters. The van der Waals surface area contributed by atoms with E-state index in [4.69, 9.17) is 4.74 Å². The number of pyridine rings is 1. The molecule has 0 saturated carbocycles. The van der Waals surface area contributed by atoms with Crippen LogP contribution in [0, 0.1) is 0 Å². The first kappa shape index (κ1) is 14.4. The van der Waals surface area contributed by atoms with Gasteiger partial charge in [-0.25, -0.2) is 0 Å². The molecule has 1 N–H and O–H groups in total. The molecule has 1 aromatic carbocycles. The number of anilines is 1. The fourth-order valence-electron chi connectivity index (χ4n) is 1.79. The van der Waals surface area contributed by atoms with E-state index in [9.17, 15) is 13.2 Å². The van der Waals surface area contributed by atoms with Crippen molar-refractivity contribution in [2.45, 2.75) is 19.5 Å². The molecule has 0 saturated heterocycles. The van der Waals surface area contributed by atoms with Crippen LogP contribution in [0.5, 0.6) is 5.75 Å². The van der Waals surface area contributed by atoms with Crippen LogP contribution in [0.2, 0.25) is 0 Å². The highest BCUT2D eigenvalue weighted by atomic mass is 19.4. The van der Waals surface area contributed by atoms with Crippen LogP contribution >= 0.6 is 0 Å². The molecular formula is C14H15F3N2O. The zero-order valence-corrected chi connectivity index (χ0v) is 11.0. The minimum Gasteiger partial charge on any atom is -0.484 e. The van der Waals surface area contributed by atoms with Gasteiger partial charge < -0.3 is 10.1 Å². The molecule has 0 fully saturated rings. The summed E-state index contributed by atoms with van der Waals surface area (Å²) in [7, 11) is 0. The summed E-state index contributed by atoms with van der Waals surface area (Å²) in [5, 5.41) is 3.97. The maximum atomic E-state index is 12.2. The fourth-order valence-corrected chi connectivity index (χ4v) is 1.79. The Morgan fingerprint density at radius 1 is 1.25 bits per heavy atom. The van der Waals surface area contributed by atoms with Gasteiger partial charge in [0.15, 0.2) is 6.61 Å². The van der Waals surface area contributed by atoms with Gasteiger partial charge in [0, 0.05) is 23.8 Å². The van der Waals surface area contributed by atoms with Crippen molar-refractivity contribution in [2.24, 2.45) is 0 Å². The third-order valence-corrected chi connectivity index (χ3v) is 2.68. The number of nitrogens with zero attached hydrogens (tertiary/aromatic N) is 1. The number of hydrogen-bond acceptors (Lipinski definition) is 3. The van der Waals surface area contributed by atoms with Crippen molar-refractivity contribution in [1.82, 2.24) is 4.98 Å². The molecule has 0 aliphatic carbocycles. The van der Waals surface area contributed by atoms with E-state index in [1.165, 1.54) is 6.07 Å². The molecule has 0 bridgehead atoms. The number of nitrogens with one attached hydrogen (secondary N) is 1. The van der Waals surface area contributed by atoms with E-state index in [-0.39, 0.29) is 5.75 Å². The Balaban J connectivity index is 2.26. The van der Waals surface area contributed by atoms with Gasteiger partial charge in [0.05, 0.1) is 5.52 Å². The Hall–Kier alpha value is -1.98. The maximum Gasteiger partial charge on any atom is 0.422 e. The summed E-state index contributed by atoms with van der Waals surface area (Å²) in [5.74, 6) is 0.183. The summed E-state index contributed by atoms with van der Waals surface area (Å²) in [6.45, 7) is 1.53. The molecule has 108 valence electrons. The van der Waals surface area contributed by atoms with E-state index in [0.29, 0.717) is 5.52 Å². The van der Waals surface area contributed by atoms with Gasteiger partial charge in [-0.1, -0.05) is 6.92 Å². The van der Waals surface area contributed by atoms with Crippen molar-refractivity contribution in [3.05, 3.63) is 30.5 Å². The Morgan fingerprint density at radius 2 is 2.05 bits per heavy atom. The summed E-state index contributed by atoms with van der Waals surface area (Å²) in [5.41, 5.74) is 1.56. The monoisotopic (exact) mass is 284 g/mol. The second-order valence-corrected chi connectivity index (χ2v) is 4.37. The smallest absolute Gasteiger partial charge is 0.422 e. The van der Waals surface area contributed by atoms with E-state index < -0.39 is 12.8 Å². The van der Waals surface area contributed by atoms with E-state index in [2.05, 4.69) is 10.3 Å². The number of fused-ring (bicyclic) bond motifs is 1. The van der Waals surface area contributed by atoms with E-state index >= 15 is 0 Å². The summed E-state index contributed by atoms with van der Waals surface area (Å²) in [6, 6.07) is 6.51. The van der Waals surface area contributed by atoms with Crippen molar-refractivity contribution >= 4 is 16.6 Å². The van der Waals surface area contributed by atoms with E-state index in [1.54, 1.807) is 24.4 Å². The highest BCUT2D eigenvalue weighted by Gasteiger charge is 2.28. The number of aromatic nitrogens is 1. The largest absolute Gasteiger partial charge is 0.484 e. The van der Waals surface area contributed by atoms with Crippen LogP contribution in [0.25, 0.3) is 10.9 Å². The number of hydrogen-bond donors (Lipinski definition) is 1. The lowest BCUT2D eigenvalue weighted by Gasteiger charge is -2.12. The lowest BCUT2D eigenvalue weighted by molar-refractivity contribution is -0.153. The molecular weight excluding hydrogens is 269 g/mol.